The number of anilines is 1. The van der Waals surface area contributed by atoms with E-state index in [2.05, 4.69) is 15.3 Å². The minimum Gasteiger partial charge on any atom is -0.478 e. The second kappa shape index (κ2) is 7.27. The second-order valence-electron chi connectivity index (χ2n) is 7.11. The van der Waals surface area contributed by atoms with Gasteiger partial charge < -0.3 is 15.5 Å². The Morgan fingerprint density at radius 3 is 2.82 bits per heavy atom. The monoisotopic (exact) mass is 415 g/mol. The number of rotatable bonds is 5. The van der Waals surface area contributed by atoms with Crippen LogP contribution in [-0.4, -0.2) is 26.2 Å². The third-order valence-electron chi connectivity index (χ3n) is 4.86. The zero-order valence-corrected chi connectivity index (χ0v) is 17.3. The molecule has 0 spiro atoms. The summed E-state index contributed by atoms with van der Waals surface area (Å²) in [6.07, 6.45) is 5.80. The molecule has 0 aliphatic heterocycles. The van der Waals surface area contributed by atoms with Gasteiger partial charge >= 0.3 is 5.97 Å². The Hall–Kier alpha value is -2.29. The molecule has 3 heterocycles. The maximum Gasteiger partial charge on any atom is 0.337 e. The van der Waals surface area contributed by atoms with Gasteiger partial charge in [0.25, 0.3) is 0 Å². The van der Waals surface area contributed by atoms with E-state index >= 15 is 0 Å². The summed E-state index contributed by atoms with van der Waals surface area (Å²) in [5, 5.41) is 27.6. The van der Waals surface area contributed by atoms with Crippen molar-refractivity contribution in [2.45, 2.75) is 45.3 Å². The quantitative estimate of drug-likeness (QED) is 0.534. The van der Waals surface area contributed by atoms with Crippen molar-refractivity contribution >= 4 is 33.6 Å². The van der Waals surface area contributed by atoms with Gasteiger partial charge in [-0.2, -0.15) is 0 Å². The lowest BCUT2D eigenvalue weighted by Gasteiger charge is -2.26. The topological polar surface area (TPSA) is 95.3 Å². The molecular weight excluding hydrogens is 394 g/mol. The van der Waals surface area contributed by atoms with E-state index in [1.54, 1.807) is 28.7 Å². The third-order valence-corrected chi connectivity index (χ3v) is 7.05. The van der Waals surface area contributed by atoms with Crippen molar-refractivity contribution in [3.63, 3.8) is 0 Å². The molecule has 0 radical (unpaired) electrons. The SMILES string of the molecule is Cc1csc(-c2c(NC(C)(O)c3ncccc3C(=O)O)sc3c2CCCC3)n1. The van der Waals surface area contributed by atoms with E-state index < -0.39 is 11.7 Å². The van der Waals surface area contributed by atoms with Crippen LogP contribution in [0.3, 0.4) is 0 Å². The Kier molecular flexibility index (Phi) is 4.95. The molecule has 4 rings (SSSR count). The van der Waals surface area contributed by atoms with E-state index in [4.69, 9.17) is 0 Å². The molecule has 8 heteroatoms. The summed E-state index contributed by atoms with van der Waals surface area (Å²) < 4.78 is 0. The largest absolute Gasteiger partial charge is 0.478 e. The van der Waals surface area contributed by atoms with E-state index in [1.807, 2.05) is 12.3 Å². The summed E-state index contributed by atoms with van der Waals surface area (Å²) >= 11 is 3.21. The lowest BCUT2D eigenvalue weighted by Crippen LogP contribution is -2.34. The molecule has 6 nitrogen and oxygen atoms in total. The predicted octanol–water partition coefficient (Wildman–Crippen LogP) is 4.43. The van der Waals surface area contributed by atoms with E-state index in [9.17, 15) is 15.0 Å². The summed E-state index contributed by atoms with van der Waals surface area (Å²) in [7, 11) is 0. The fourth-order valence-corrected chi connectivity index (χ4v) is 5.93. The number of carbonyl (C=O) groups is 1. The highest BCUT2D eigenvalue weighted by Gasteiger charge is 2.33. The molecule has 0 fully saturated rings. The number of aromatic nitrogens is 2. The first-order valence-electron chi connectivity index (χ1n) is 9.13. The molecule has 0 saturated heterocycles. The molecule has 0 saturated carbocycles. The van der Waals surface area contributed by atoms with Gasteiger partial charge in [-0.1, -0.05) is 0 Å². The van der Waals surface area contributed by atoms with Crippen molar-refractivity contribution < 1.29 is 15.0 Å². The van der Waals surface area contributed by atoms with Crippen molar-refractivity contribution in [3.8, 4) is 10.6 Å². The summed E-state index contributed by atoms with van der Waals surface area (Å²) in [6, 6.07) is 3.00. The van der Waals surface area contributed by atoms with Crippen LogP contribution in [0.15, 0.2) is 23.7 Å². The summed E-state index contributed by atoms with van der Waals surface area (Å²) in [4.78, 5) is 21.7. The number of aliphatic hydroxyl groups is 1. The molecule has 0 bridgehead atoms. The first kappa shape index (κ1) is 19.0. The highest BCUT2D eigenvalue weighted by Crippen LogP contribution is 2.46. The zero-order chi connectivity index (χ0) is 19.9. The predicted molar refractivity (Wildman–Crippen MR) is 111 cm³/mol. The number of thiazole rings is 1. The van der Waals surface area contributed by atoms with Crippen molar-refractivity contribution in [2.75, 3.05) is 5.32 Å². The smallest absolute Gasteiger partial charge is 0.337 e. The van der Waals surface area contributed by atoms with Crippen LogP contribution in [-0.2, 0) is 18.6 Å². The van der Waals surface area contributed by atoms with Crippen LogP contribution in [0.2, 0.25) is 0 Å². The van der Waals surface area contributed by atoms with Gasteiger partial charge in [-0.15, -0.1) is 22.7 Å². The molecule has 1 aliphatic carbocycles. The number of pyridine rings is 1. The number of nitrogens with zero attached hydrogens (tertiary/aromatic N) is 2. The fourth-order valence-electron chi connectivity index (χ4n) is 3.60. The Morgan fingerprint density at radius 2 is 2.11 bits per heavy atom. The highest BCUT2D eigenvalue weighted by molar-refractivity contribution is 7.18. The molecule has 1 atom stereocenters. The maximum absolute atomic E-state index is 11.6. The van der Waals surface area contributed by atoms with Gasteiger partial charge in [0.15, 0.2) is 5.72 Å². The standard InChI is InChI=1S/C20H21N3O3S2/c1-11-10-27-17(22-11)15-12-6-3-4-8-14(12)28-18(15)23-20(2,26)16-13(19(24)25)7-5-9-21-16/h5,7,9-10,23,26H,3-4,6,8H2,1-2H3,(H,24,25). The van der Waals surface area contributed by atoms with E-state index in [-0.39, 0.29) is 11.3 Å². The third kappa shape index (κ3) is 3.43. The van der Waals surface area contributed by atoms with E-state index in [1.165, 1.54) is 29.6 Å². The van der Waals surface area contributed by atoms with Crippen LogP contribution in [0.5, 0.6) is 0 Å². The Bertz CT molecular complexity index is 1040. The van der Waals surface area contributed by atoms with Gasteiger partial charge in [0, 0.05) is 27.7 Å². The number of aryl methyl sites for hydroxylation is 2. The van der Waals surface area contributed by atoms with Crippen LogP contribution in [0, 0.1) is 6.92 Å². The maximum atomic E-state index is 11.6. The average molecular weight is 416 g/mol. The van der Waals surface area contributed by atoms with E-state index in [0.717, 1.165) is 46.9 Å². The fraction of sp³-hybridized carbons (Fsp3) is 0.350. The first-order valence-corrected chi connectivity index (χ1v) is 10.8. The van der Waals surface area contributed by atoms with Gasteiger partial charge in [0.1, 0.15) is 15.7 Å². The summed E-state index contributed by atoms with van der Waals surface area (Å²) in [5.41, 5.74) is 1.73. The van der Waals surface area contributed by atoms with Gasteiger partial charge in [-0.05, 0) is 57.2 Å². The number of carboxylic acids is 1. The minimum atomic E-state index is -1.64. The molecule has 3 aromatic rings. The number of nitrogens with one attached hydrogen (secondary N) is 1. The average Bonchev–Trinajstić information content (AvgIpc) is 3.23. The number of thiophene rings is 1. The van der Waals surface area contributed by atoms with Gasteiger partial charge in [0.05, 0.1) is 5.56 Å². The molecule has 1 aliphatic rings. The molecule has 28 heavy (non-hydrogen) atoms. The minimum absolute atomic E-state index is 0.0204. The normalized spacial score (nSPS) is 15.7. The van der Waals surface area contributed by atoms with Crippen molar-refractivity contribution in [1.29, 1.82) is 0 Å². The van der Waals surface area contributed by atoms with Gasteiger partial charge in [0.2, 0.25) is 0 Å². The van der Waals surface area contributed by atoms with Gasteiger partial charge in [-0.25, -0.2) is 9.78 Å². The van der Waals surface area contributed by atoms with Crippen LogP contribution in [0.1, 0.15) is 52.0 Å². The van der Waals surface area contributed by atoms with Crippen LogP contribution in [0.4, 0.5) is 5.00 Å². The van der Waals surface area contributed by atoms with Gasteiger partial charge in [-0.3, -0.25) is 4.98 Å². The highest BCUT2D eigenvalue weighted by atomic mass is 32.1. The second-order valence-corrected chi connectivity index (χ2v) is 9.07. The molecule has 3 N–H and O–H groups in total. The number of carboxylic acid groups (broad SMARTS) is 1. The molecule has 3 aromatic heterocycles. The number of hydrogen-bond donors (Lipinski definition) is 3. The van der Waals surface area contributed by atoms with Crippen LogP contribution >= 0.6 is 22.7 Å². The number of aromatic carboxylic acids is 1. The zero-order valence-electron chi connectivity index (χ0n) is 15.7. The van der Waals surface area contributed by atoms with Crippen molar-refractivity contribution in [3.05, 3.63) is 51.1 Å². The first-order chi connectivity index (χ1) is 13.4. The van der Waals surface area contributed by atoms with Crippen LogP contribution in [0.25, 0.3) is 10.6 Å². The van der Waals surface area contributed by atoms with E-state index in [0.29, 0.717) is 0 Å². The Labute approximate surface area is 170 Å². The number of fused-ring (bicyclic) bond motifs is 1. The van der Waals surface area contributed by atoms with Crippen LogP contribution < -0.4 is 5.32 Å². The Balaban J connectivity index is 1.80. The number of hydrogen-bond acceptors (Lipinski definition) is 7. The summed E-state index contributed by atoms with van der Waals surface area (Å²) in [6.45, 7) is 3.51. The Morgan fingerprint density at radius 1 is 1.32 bits per heavy atom. The lowest BCUT2D eigenvalue weighted by atomic mass is 9.95. The lowest BCUT2D eigenvalue weighted by molar-refractivity contribution is 0.0642. The van der Waals surface area contributed by atoms with Crippen molar-refractivity contribution in [1.82, 2.24) is 9.97 Å². The summed E-state index contributed by atoms with van der Waals surface area (Å²) in [5.74, 6) is -1.12. The molecular formula is C20H21N3O3S2. The molecule has 0 amide bonds. The molecule has 0 aromatic carbocycles. The molecule has 1 unspecified atom stereocenters. The molecule has 146 valence electrons. The van der Waals surface area contributed by atoms with Crippen molar-refractivity contribution in [2.24, 2.45) is 0 Å².